The van der Waals surface area contributed by atoms with Crippen LogP contribution in [0.25, 0.3) is 0 Å². The Hall–Kier alpha value is 0.110. The molecule has 46 heavy (non-hydrogen) atoms. The third-order valence-electron chi connectivity index (χ3n) is 9.74. The van der Waals surface area contributed by atoms with Crippen molar-refractivity contribution in [2.45, 2.75) is 226 Å². The maximum atomic E-state index is 14.0. The highest BCUT2D eigenvalue weighted by molar-refractivity contribution is 7.53. The van der Waals surface area contributed by atoms with Crippen molar-refractivity contribution in [3.8, 4) is 0 Å². The van der Waals surface area contributed by atoms with Crippen molar-refractivity contribution in [3.05, 3.63) is 0 Å². The molecule has 0 heterocycles. The summed E-state index contributed by atoms with van der Waals surface area (Å²) in [5.41, 5.74) is 0. The van der Waals surface area contributed by atoms with E-state index in [1.54, 1.807) is 0 Å². The molecular formula is C41H87NO3P+. The lowest BCUT2D eigenvalue weighted by atomic mass is 10.1. The number of hydrogen-bond acceptors (Lipinski definition) is 3. The molecule has 0 saturated heterocycles. The summed E-state index contributed by atoms with van der Waals surface area (Å²) in [4.78, 5) is 0. The zero-order valence-electron chi connectivity index (χ0n) is 32.6. The van der Waals surface area contributed by atoms with Crippen molar-refractivity contribution < 1.29 is 18.1 Å². The van der Waals surface area contributed by atoms with Crippen LogP contribution in [-0.2, 0) is 13.6 Å². The van der Waals surface area contributed by atoms with Crippen LogP contribution in [0, 0.1) is 0 Å². The van der Waals surface area contributed by atoms with Gasteiger partial charge in [-0.3, -0.25) is 4.57 Å². The van der Waals surface area contributed by atoms with Crippen LogP contribution in [0.1, 0.15) is 226 Å². The lowest BCUT2D eigenvalue weighted by molar-refractivity contribution is -0.880. The highest BCUT2D eigenvalue weighted by Crippen LogP contribution is 2.50. The van der Waals surface area contributed by atoms with E-state index in [2.05, 4.69) is 34.9 Å². The van der Waals surface area contributed by atoms with Gasteiger partial charge < -0.3 is 13.5 Å². The van der Waals surface area contributed by atoms with E-state index in [1.165, 1.54) is 193 Å². The minimum Gasteiger partial charge on any atom is -0.318 e. The molecule has 5 heteroatoms. The van der Waals surface area contributed by atoms with Crippen LogP contribution in [0.2, 0.25) is 0 Å². The molecule has 0 aromatic heterocycles. The first kappa shape index (κ1) is 46.1. The number of rotatable bonds is 39. The fraction of sp³-hybridized carbons (Fsp3) is 1.00. The second-order valence-electron chi connectivity index (χ2n) is 15.3. The topological polar surface area (TPSA) is 35.5 Å². The molecule has 0 spiro atoms. The van der Waals surface area contributed by atoms with Gasteiger partial charge in [0.15, 0.2) is 6.29 Å². The Labute approximate surface area is 291 Å². The predicted octanol–water partition coefficient (Wildman–Crippen LogP) is 14.8. The highest BCUT2D eigenvalue weighted by Gasteiger charge is 2.34. The smallest absolute Gasteiger partial charge is 0.318 e. The Morgan fingerprint density at radius 3 is 0.891 bits per heavy atom. The van der Waals surface area contributed by atoms with Gasteiger partial charge in [0.2, 0.25) is 0 Å². The van der Waals surface area contributed by atoms with Crippen molar-refractivity contribution in [1.29, 1.82) is 0 Å². The summed E-state index contributed by atoms with van der Waals surface area (Å²) in [5.74, 6) is 0. The molecule has 0 aromatic carbocycles. The maximum Gasteiger partial charge on any atom is 0.384 e. The summed E-state index contributed by atoms with van der Waals surface area (Å²) < 4.78 is 27.1. The molecule has 0 rings (SSSR count). The summed E-state index contributed by atoms with van der Waals surface area (Å²) in [7, 11) is 1.33. The number of unbranched alkanes of at least 4 members (excludes halogenated alkanes) is 29. The lowest BCUT2D eigenvalue weighted by Gasteiger charge is -2.32. The van der Waals surface area contributed by atoms with E-state index in [4.69, 9.17) is 9.05 Å². The van der Waals surface area contributed by atoms with Gasteiger partial charge in [0.25, 0.3) is 0 Å². The molecule has 0 atom stereocenters. The SMILES string of the molecule is CCCCCCCCCCCCCCOP(=O)(C[N+](C)(C)CCCCCCCCCC)OCCCCCCCCCCCCCC. The normalized spacial score (nSPS) is 12.4. The van der Waals surface area contributed by atoms with Gasteiger partial charge in [0, 0.05) is 0 Å². The average Bonchev–Trinajstić information content (AvgIpc) is 3.02. The summed E-state index contributed by atoms with van der Waals surface area (Å²) in [5, 5.41) is 0. The Morgan fingerprint density at radius 2 is 0.609 bits per heavy atom. The predicted molar refractivity (Wildman–Crippen MR) is 206 cm³/mol. The summed E-state index contributed by atoms with van der Waals surface area (Å²) in [6.45, 7) is 9.05. The second kappa shape index (κ2) is 35.0. The van der Waals surface area contributed by atoms with E-state index in [1.807, 2.05) is 0 Å². The van der Waals surface area contributed by atoms with Crippen molar-refractivity contribution in [1.82, 2.24) is 0 Å². The molecule has 0 N–H and O–H groups in total. The minimum atomic E-state index is -3.11. The van der Waals surface area contributed by atoms with Crippen LogP contribution >= 0.6 is 7.60 Å². The van der Waals surface area contributed by atoms with Crippen LogP contribution in [-0.4, -0.2) is 44.6 Å². The van der Waals surface area contributed by atoms with Crippen molar-refractivity contribution in [2.75, 3.05) is 40.1 Å². The first-order valence-electron chi connectivity index (χ1n) is 21.1. The van der Waals surface area contributed by atoms with Crippen LogP contribution in [0.3, 0.4) is 0 Å². The lowest BCUT2D eigenvalue weighted by Crippen LogP contribution is -2.41. The molecule has 0 fully saturated rings. The van der Waals surface area contributed by atoms with E-state index in [0.29, 0.717) is 19.5 Å². The third-order valence-corrected chi connectivity index (χ3v) is 12.0. The summed E-state index contributed by atoms with van der Waals surface area (Å²) >= 11 is 0. The minimum absolute atomic E-state index is 0.500. The van der Waals surface area contributed by atoms with Crippen molar-refractivity contribution >= 4 is 7.60 Å². The van der Waals surface area contributed by atoms with Gasteiger partial charge in [-0.25, -0.2) is 0 Å². The van der Waals surface area contributed by atoms with Gasteiger partial charge in [-0.15, -0.1) is 0 Å². The summed E-state index contributed by atoms with van der Waals surface area (Å²) in [6, 6.07) is 0. The quantitative estimate of drug-likeness (QED) is 0.0370. The Morgan fingerprint density at radius 1 is 0.370 bits per heavy atom. The van der Waals surface area contributed by atoms with E-state index in [0.717, 1.165) is 23.9 Å². The van der Waals surface area contributed by atoms with Crippen molar-refractivity contribution in [2.24, 2.45) is 0 Å². The van der Waals surface area contributed by atoms with Gasteiger partial charge >= 0.3 is 7.60 Å². The summed E-state index contributed by atoms with van der Waals surface area (Å²) in [6.07, 6.45) is 42.9. The molecule has 0 aliphatic rings. The molecule has 4 nitrogen and oxygen atoms in total. The zero-order valence-corrected chi connectivity index (χ0v) is 33.5. The molecule has 0 bridgehead atoms. The van der Waals surface area contributed by atoms with E-state index in [-0.39, 0.29) is 0 Å². The Balaban J connectivity index is 4.34. The monoisotopic (exact) mass is 673 g/mol. The first-order valence-corrected chi connectivity index (χ1v) is 22.8. The second-order valence-corrected chi connectivity index (χ2v) is 17.4. The molecule has 278 valence electrons. The molecule has 0 aromatic rings. The van der Waals surface area contributed by atoms with E-state index in [9.17, 15) is 4.57 Å². The van der Waals surface area contributed by atoms with Crippen LogP contribution < -0.4 is 0 Å². The fourth-order valence-electron chi connectivity index (χ4n) is 6.63. The molecule has 0 radical (unpaired) electrons. The van der Waals surface area contributed by atoms with Crippen LogP contribution in [0.5, 0.6) is 0 Å². The molecule has 0 amide bonds. The van der Waals surface area contributed by atoms with Crippen LogP contribution in [0.4, 0.5) is 0 Å². The van der Waals surface area contributed by atoms with Gasteiger partial charge in [0.1, 0.15) is 0 Å². The van der Waals surface area contributed by atoms with Crippen LogP contribution in [0.15, 0.2) is 0 Å². The zero-order chi connectivity index (χ0) is 33.9. The number of quaternary nitrogens is 1. The Bertz CT molecular complexity index is 607. The van der Waals surface area contributed by atoms with E-state index >= 15 is 0 Å². The highest BCUT2D eigenvalue weighted by atomic mass is 31.2. The fourth-order valence-corrected chi connectivity index (χ4v) is 8.76. The molecular weight excluding hydrogens is 585 g/mol. The third kappa shape index (κ3) is 34.0. The van der Waals surface area contributed by atoms with Crippen molar-refractivity contribution in [3.63, 3.8) is 0 Å². The Kier molecular flexibility index (Phi) is 35.0. The number of hydrogen-bond donors (Lipinski definition) is 0. The average molecular weight is 673 g/mol. The van der Waals surface area contributed by atoms with Gasteiger partial charge in [-0.05, 0) is 25.7 Å². The molecule has 0 unspecified atom stereocenters. The van der Waals surface area contributed by atoms with Gasteiger partial charge in [-0.2, -0.15) is 0 Å². The molecule has 0 saturated carbocycles. The standard InChI is InChI=1S/C41H87NO3P/c1-6-9-12-15-18-21-23-25-27-30-33-36-39-44-46(43,41-42(4,5)38-35-32-29-20-17-14-11-8-3)45-40-37-34-31-28-26-24-22-19-16-13-10-7-2/h6-41H2,1-5H3/q+1. The largest absolute Gasteiger partial charge is 0.384 e. The van der Waals surface area contributed by atoms with Gasteiger partial charge in [-0.1, -0.05) is 201 Å². The van der Waals surface area contributed by atoms with Gasteiger partial charge in [0.05, 0.1) is 33.9 Å². The maximum absolute atomic E-state index is 14.0. The molecule has 0 aliphatic heterocycles. The number of nitrogens with zero attached hydrogens (tertiary/aromatic N) is 1. The molecule has 0 aliphatic carbocycles. The van der Waals surface area contributed by atoms with E-state index < -0.39 is 7.60 Å². The first-order chi connectivity index (χ1) is 22.4.